The van der Waals surface area contributed by atoms with Crippen LogP contribution in [0.5, 0.6) is 0 Å². The zero-order chi connectivity index (χ0) is 22.7. The molecule has 0 spiro atoms. The fraction of sp³-hybridized carbons (Fsp3) is 0.400. The van der Waals surface area contributed by atoms with E-state index in [1.165, 1.54) is 0 Å². The molecule has 0 saturated heterocycles. The van der Waals surface area contributed by atoms with Gasteiger partial charge >= 0.3 is 12.1 Å². The van der Waals surface area contributed by atoms with Gasteiger partial charge in [0.05, 0.1) is 5.92 Å². The molecular weight excluding hydrogens is 408 g/mol. The van der Waals surface area contributed by atoms with E-state index < -0.39 is 24.0 Å². The average Bonchev–Trinajstić information content (AvgIpc) is 3.39. The Morgan fingerprint density at radius 2 is 1.66 bits per heavy atom. The monoisotopic (exact) mass is 436 g/mol. The van der Waals surface area contributed by atoms with Crippen LogP contribution in [0.1, 0.15) is 49.7 Å². The topological polar surface area (TPSA) is 105 Å². The summed E-state index contributed by atoms with van der Waals surface area (Å²) in [4.78, 5) is 36.2. The Morgan fingerprint density at radius 3 is 2.22 bits per heavy atom. The van der Waals surface area contributed by atoms with E-state index in [1.54, 1.807) is 0 Å². The highest BCUT2D eigenvalue weighted by Gasteiger charge is 2.33. The molecule has 0 aliphatic heterocycles. The molecule has 0 unspecified atom stereocenters. The van der Waals surface area contributed by atoms with Gasteiger partial charge in [-0.1, -0.05) is 55.5 Å². The van der Waals surface area contributed by atoms with E-state index in [9.17, 15) is 14.4 Å². The van der Waals surface area contributed by atoms with E-state index in [2.05, 4.69) is 34.9 Å². The minimum absolute atomic E-state index is 0.0477. The highest BCUT2D eigenvalue weighted by Crippen LogP contribution is 2.44. The number of hydrogen-bond donors (Lipinski definition) is 3. The van der Waals surface area contributed by atoms with E-state index in [0.29, 0.717) is 25.7 Å². The number of carboxylic acids is 1. The zero-order valence-corrected chi connectivity index (χ0v) is 18.0. The number of carboxylic acid groups (broad SMARTS) is 1. The van der Waals surface area contributed by atoms with E-state index in [4.69, 9.17) is 9.84 Å². The molecule has 168 valence electrons. The minimum atomic E-state index is -0.828. The standard InChI is InChI=1S/C25H28N2O5/c1-2-22(23(28)26-16-12-11-15(13-16)24(29)30)27-25(31)32-14-21-19-9-5-3-7-17(19)18-8-4-6-10-20(18)21/h3-10,15-16,21-22H,2,11-14H2,1H3,(H,26,28)(H,27,31)(H,29,30)/t15-,16+,22-/m0/s1. The molecule has 0 heterocycles. The fourth-order valence-corrected chi connectivity index (χ4v) is 4.77. The van der Waals surface area contributed by atoms with Crippen molar-refractivity contribution in [1.29, 1.82) is 0 Å². The van der Waals surface area contributed by atoms with Crippen LogP contribution >= 0.6 is 0 Å². The summed E-state index contributed by atoms with van der Waals surface area (Å²) in [5.41, 5.74) is 4.55. The van der Waals surface area contributed by atoms with Crippen molar-refractivity contribution in [2.24, 2.45) is 5.92 Å². The Hall–Kier alpha value is -3.35. The number of carbonyl (C=O) groups is 3. The third-order valence-corrected chi connectivity index (χ3v) is 6.49. The van der Waals surface area contributed by atoms with Crippen LogP contribution in [0.25, 0.3) is 11.1 Å². The molecule has 2 aliphatic carbocycles. The predicted octanol–water partition coefficient (Wildman–Crippen LogP) is 3.67. The van der Waals surface area contributed by atoms with Crippen molar-refractivity contribution in [3.8, 4) is 11.1 Å². The third kappa shape index (κ3) is 4.47. The molecule has 0 aromatic heterocycles. The van der Waals surface area contributed by atoms with Crippen molar-refractivity contribution in [2.75, 3.05) is 6.61 Å². The lowest BCUT2D eigenvalue weighted by molar-refractivity contribution is -0.141. The van der Waals surface area contributed by atoms with E-state index in [-0.39, 0.29) is 24.5 Å². The number of alkyl carbamates (subject to hydrolysis) is 1. The SMILES string of the molecule is CC[C@H](NC(=O)OCC1c2ccccc2-c2ccccc21)C(=O)N[C@@H]1CC[C@H](C(=O)O)C1. The van der Waals surface area contributed by atoms with Gasteiger partial charge in [0.15, 0.2) is 0 Å². The van der Waals surface area contributed by atoms with Crippen LogP contribution in [0, 0.1) is 5.92 Å². The maximum atomic E-state index is 12.6. The van der Waals surface area contributed by atoms with Crippen LogP contribution in [0.4, 0.5) is 4.79 Å². The van der Waals surface area contributed by atoms with Gasteiger partial charge in [-0.25, -0.2) is 4.79 Å². The number of benzene rings is 2. The molecule has 4 rings (SSSR count). The van der Waals surface area contributed by atoms with E-state index in [1.807, 2.05) is 31.2 Å². The van der Waals surface area contributed by atoms with E-state index >= 15 is 0 Å². The summed E-state index contributed by atoms with van der Waals surface area (Å²) in [5, 5.41) is 14.7. The van der Waals surface area contributed by atoms with Gasteiger partial charge in [0.1, 0.15) is 12.6 Å². The third-order valence-electron chi connectivity index (χ3n) is 6.49. The molecule has 3 N–H and O–H groups in total. The molecular formula is C25H28N2O5. The first-order valence-electron chi connectivity index (χ1n) is 11.1. The van der Waals surface area contributed by atoms with Gasteiger partial charge in [-0.15, -0.1) is 0 Å². The van der Waals surface area contributed by atoms with Crippen LogP contribution in [0.3, 0.4) is 0 Å². The second-order valence-corrected chi connectivity index (χ2v) is 8.48. The maximum Gasteiger partial charge on any atom is 0.407 e. The second-order valence-electron chi connectivity index (χ2n) is 8.48. The Labute approximate surface area is 187 Å². The van der Waals surface area contributed by atoms with Crippen LogP contribution < -0.4 is 10.6 Å². The lowest BCUT2D eigenvalue weighted by Gasteiger charge is -2.20. The molecule has 2 aliphatic rings. The van der Waals surface area contributed by atoms with E-state index in [0.717, 1.165) is 22.3 Å². The quantitative estimate of drug-likeness (QED) is 0.614. The lowest BCUT2D eigenvalue weighted by Crippen LogP contribution is -2.49. The second kappa shape index (κ2) is 9.42. The van der Waals surface area contributed by atoms with Crippen LogP contribution in [0.15, 0.2) is 48.5 Å². The van der Waals surface area contributed by atoms with Crippen LogP contribution in [0.2, 0.25) is 0 Å². The molecule has 32 heavy (non-hydrogen) atoms. The number of hydrogen-bond acceptors (Lipinski definition) is 4. The summed E-state index contributed by atoms with van der Waals surface area (Å²) < 4.78 is 5.53. The number of rotatable bonds is 7. The zero-order valence-electron chi connectivity index (χ0n) is 18.0. The average molecular weight is 437 g/mol. The molecule has 0 bridgehead atoms. The number of ether oxygens (including phenoxy) is 1. The fourth-order valence-electron chi connectivity index (χ4n) is 4.77. The molecule has 7 heteroatoms. The minimum Gasteiger partial charge on any atom is -0.481 e. The van der Waals surface area contributed by atoms with Gasteiger partial charge in [-0.3, -0.25) is 9.59 Å². The summed E-state index contributed by atoms with van der Waals surface area (Å²) in [5.74, 6) is -1.61. The molecule has 2 aromatic rings. The molecule has 2 amide bonds. The van der Waals surface area contributed by atoms with Gasteiger partial charge in [0, 0.05) is 12.0 Å². The Bertz CT molecular complexity index is 975. The molecule has 0 radical (unpaired) electrons. The number of carbonyl (C=O) groups excluding carboxylic acids is 2. The number of aliphatic carboxylic acids is 1. The van der Waals surface area contributed by atoms with Gasteiger partial charge in [0.2, 0.25) is 5.91 Å². The number of fused-ring (bicyclic) bond motifs is 3. The first kappa shape index (κ1) is 21.9. The normalized spacial score (nSPS) is 20.2. The van der Waals surface area contributed by atoms with Crippen molar-refractivity contribution < 1.29 is 24.2 Å². The highest BCUT2D eigenvalue weighted by atomic mass is 16.5. The Kier molecular flexibility index (Phi) is 6.44. The first-order chi connectivity index (χ1) is 15.5. The van der Waals surface area contributed by atoms with Crippen LogP contribution in [-0.4, -0.2) is 41.8 Å². The van der Waals surface area contributed by atoms with Crippen molar-refractivity contribution in [3.63, 3.8) is 0 Å². The highest BCUT2D eigenvalue weighted by molar-refractivity contribution is 5.86. The summed E-state index contributed by atoms with van der Waals surface area (Å²) in [6.45, 7) is 1.99. The summed E-state index contributed by atoms with van der Waals surface area (Å²) in [6.07, 6.45) is 1.37. The van der Waals surface area contributed by atoms with Crippen molar-refractivity contribution in [2.45, 2.75) is 50.6 Å². The Balaban J connectivity index is 1.33. The van der Waals surface area contributed by atoms with Crippen molar-refractivity contribution >= 4 is 18.0 Å². The molecule has 1 fully saturated rings. The van der Waals surface area contributed by atoms with Gasteiger partial charge in [-0.05, 0) is 47.9 Å². The van der Waals surface area contributed by atoms with Gasteiger partial charge < -0.3 is 20.5 Å². The molecule has 2 aromatic carbocycles. The van der Waals surface area contributed by atoms with Crippen LogP contribution in [-0.2, 0) is 14.3 Å². The maximum absolute atomic E-state index is 12.6. The Morgan fingerprint density at radius 1 is 1.03 bits per heavy atom. The predicted molar refractivity (Wildman–Crippen MR) is 119 cm³/mol. The lowest BCUT2D eigenvalue weighted by atomic mass is 9.98. The summed E-state index contributed by atoms with van der Waals surface area (Å²) in [6, 6.07) is 15.3. The summed E-state index contributed by atoms with van der Waals surface area (Å²) >= 11 is 0. The molecule has 7 nitrogen and oxygen atoms in total. The summed E-state index contributed by atoms with van der Waals surface area (Å²) in [7, 11) is 0. The number of amides is 2. The smallest absolute Gasteiger partial charge is 0.407 e. The van der Waals surface area contributed by atoms with Crippen molar-refractivity contribution in [1.82, 2.24) is 10.6 Å². The number of nitrogens with one attached hydrogen (secondary N) is 2. The molecule has 3 atom stereocenters. The molecule has 1 saturated carbocycles. The first-order valence-corrected chi connectivity index (χ1v) is 11.1. The van der Waals surface area contributed by atoms with Crippen molar-refractivity contribution in [3.05, 3.63) is 59.7 Å². The largest absolute Gasteiger partial charge is 0.481 e. The van der Waals surface area contributed by atoms with Gasteiger partial charge in [-0.2, -0.15) is 0 Å². The van der Waals surface area contributed by atoms with Gasteiger partial charge in [0.25, 0.3) is 0 Å².